The van der Waals surface area contributed by atoms with Crippen LogP contribution in [0.25, 0.3) is 6.08 Å². The number of carboxylic acid groups (broad SMARTS) is 1. The molecule has 0 spiro atoms. The normalized spacial score (nSPS) is 17.2. The van der Waals surface area contributed by atoms with Crippen molar-refractivity contribution in [1.82, 2.24) is 4.90 Å². The van der Waals surface area contributed by atoms with E-state index in [2.05, 4.69) is 11.6 Å². The zero-order chi connectivity index (χ0) is 22.4. The summed E-state index contributed by atoms with van der Waals surface area (Å²) in [5, 5.41) is 19.2. The number of nitrogens with zero attached hydrogens (tertiary/aromatic N) is 2. The Morgan fingerprint density at radius 1 is 1.26 bits per heavy atom. The molecule has 0 saturated carbocycles. The van der Waals surface area contributed by atoms with Gasteiger partial charge in [0.15, 0.2) is 11.3 Å². The van der Waals surface area contributed by atoms with Crippen LogP contribution in [0.5, 0.6) is 11.5 Å². The third kappa shape index (κ3) is 5.35. The number of ether oxygens (including phenoxy) is 1. The number of phenols is 1. The van der Waals surface area contributed by atoms with Crippen LogP contribution in [0.15, 0.2) is 71.1 Å². The Balaban J connectivity index is 1.94. The van der Waals surface area contributed by atoms with Crippen molar-refractivity contribution in [3.8, 4) is 11.5 Å². The van der Waals surface area contributed by atoms with Crippen molar-refractivity contribution in [2.75, 3.05) is 6.54 Å². The highest BCUT2D eigenvalue weighted by atomic mass is 32.2. The van der Waals surface area contributed by atoms with Gasteiger partial charge in [-0.3, -0.25) is 9.69 Å². The maximum absolute atomic E-state index is 13.0. The van der Waals surface area contributed by atoms with Gasteiger partial charge in [-0.05, 0) is 54.6 Å². The first kappa shape index (κ1) is 22.2. The average molecular weight is 439 g/mol. The molecule has 0 aliphatic carbocycles. The molecular formula is C23H22N2O5S. The number of thioether (sulfide) groups is 1. The topological polar surface area (TPSA) is 99.4 Å². The van der Waals surface area contributed by atoms with Gasteiger partial charge in [0.05, 0.1) is 10.6 Å². The van der Waals surface area contributed by atoms with E-state index < -0.39 is 12.1 Å². The van der Waals surface area contributed by atoms with Gasteiger partial charge in [-0.25, -0.2) is 9.79 Å². The number of aliphatic carboxylic acids is 1. The fraction of sp³-hybridized carbons (Fsp3) is 0.174. The molecule has 1 saturated heterocycles. The molecule has 7 nitrogen and oxygen atoms in total. The predicted molar refractivity (Wildman–Crippen MR) is 121 cm³/mol. The lowest BCUT2D eigenvalue weighted by Crippen LogP contribution is -2.29. The second-order valence-electron chi connectivity index (χ2n) is 6.62. The van der Waals surface area contributed by atoms with Crippen molar-refractivity contribution in [3.05, 3.63) is 71.7 Å². The molecule has 1 aliphatic heterocycles. The summed E-state index contributed by atoms with van der Waals surface area (Å²) < 4.78 is 5.66. The second-order valence-corrected chi connectivity index (χ2v) is 7.63. The summed E-state index contributed by atoms with van der Waals surface area (Å²) in [4.78, 5) is 30.8. The van der Waals surface area contributed by atoms with E-state index in [1.807, 2.05) is 0 Å². The lowest BCUT2D eigenvalue weighted by molar-refractivity contribution is -0.145. The maximum atomic E-state index is 13.0. The van der Waals surface area contributed by atoms with Crippen LogP contribution in [-0.4, -0.2) is 44.8 Å². The number of hydrogen-bond acceptors (Lipinski definition) is 6. The quantitative estimate of drug-likeness (QED) is 0.467. The maximum Gasteiger partial charge on any atom is 0.344 e. The molecule has 3 rings (SSSR count). The molecular weight excluding hydrogens is 416 g/mol. The van der Waals surface area contributed by atoms with Crippen LogP contribution in [0.4, 0.5) is 5.69 Å². The standard InChI is InChI=1S/C23H22N2O5S/c1-3-13-25-21(27)20(31-23(25)24-16-9-11-17(26)12-10-16)14-15-7-5-6-8-19(15)30-18(4-2)22(28)29/h3,5-12,14,18,26H,1,4,13H2,2H3,(H,28,29)/b20-14-,24-23?. The van der Waals surface area contributed by atoms with Crippen LogP contribution in [0.2, 0.25) is 0 Å². The van der Waals surface area contributed by atoms with Crippen LogP contribution in [0.1, 0.15) is 18.9 Å². The number of carbonyl (C=O) groups is 2. The lowest BCUT2D eigenvalue weighted by Gasteiger charge is -2.15. The van der Waals surface area contributed by atoms with Crippen molar-refractivity contribution >= 4 is 40.6 Å². The number of para-hydroxylation sites is 1. The number of amidine groups is 1. The zero-order valence-corrected chi connectivity index (χ0v) is 17.7. The number of phenolic OH excluding ortho intramolecular Hbond substituents is 1. The summed E-state index contributed by atoms with van der Waals surface area (Å²) in [7, 11) is 0. The molecule has 1 heterocycles. The van der Waals surface area contributed by atoms with Crippen molar-refractivity contribution < 1.29 is 24.5 Å². The van der Waals surface area contributed by atoms with Gasteiger partial charge >= 0.3 is 5.97 Å². The van der Waals surface area contributed by atoms with Crippen molar-refractivity contribution in [3.63, 3.8) is 0 Å². The van der Waals surface area contributed by atoms with Crippen molar-refractivity contribution in [2.45, 2.75) is 19.4 Å². The minimum atomic E-state index is -1.04. The van der Waals surface area contributed by atoms with E-state index in [0.29, 0.717) is 33.5 Å². The van der Waals surface area contributed by atoms with Gasteiger partial charge in [0.25, 0.3) is 5.91 Å². The highest BCUT2D eigenvalue weighted by Gasteiger charge is 2.33. The monoisotopic (exact) mass is 438 g/mol. The third-order valence-electron chi connectivity index (χ3n) is 4.40. The number of benzene rings is 2. The van der Waals surface area contributed by atoms with Crippen LogP contribution in [0, 0.1) is 0 Å². The Morgan fingerprint density at radius 2 is 1.97 bits per heavy atom. The molecule has 1 aliphatic rings. The lowest BCUT2D eigenvalue weighted by atomic mass is 10.1. The number of carbonyl (C=O) groups excluding carboxylic acids is 1. The smallest absolute Gasteiger partial charge is 0.344 e. The molecule has 0 bridgehead atoms. The Labute approximate surface area is 184 Å². The van der Waals surface area contributed by atoms with E-state index in [1.54, 1.807) is 55.5 Å². The molecule has 8 heteroatoms. The summed E-state index contributed by atoms with van der Waals surface area (Å²) in [5.74, 6) is -0.762. The van der Waals surface area contributed by atoms with Gasteiger partial charge in [-0.15, -0.1) is 6.58 Å². The Hall–Kier alpha value is -3.52. The number of aromatic hydroxyl groups is 1. The van der Waals surface area contributed by atoms with E-state index in [1.165, 1.54) is 28.8 Å². The van der Waals surface area contributed by atoms with Gasteiger partial charge in [0, 0.05) is 12.1 Å². The fourth-order valence-corrected chi connectivity index (χ4v) is 3.83. The van der Waals surface area contributed by atoms with Crippen LogP contribution >= 0.6 is 11.8 Å². The summed E-state index contributed by atoms with van der Waals surface area (Å²) in [6.45, 7) is 5.73. The molecule has 1 atom stereocenters. The molecule has 160 valence electrons. The van der Waals surface area contributed by atoms with Gasteiger partial charge in [-0.2, -0.15) is 0 Å². The molecule has 1 amide bonds. The Kier molecular flexibility index (Phi) is 7.15. The van der Waals surface area contributed by atoms with Crippen LogP contribution < -0.4 is 4.74 Å². The summed E-state index contributed by atoms with van der Waals surface area (Å²) in [6, 6.07) is 13.3. The van der Waals surface area contributed by atoms with E-state index >= 15 is 0 Å². The average Bonchev–Trinajstić information content (AvgIpc) is 3.03. The highest BCUT2D eigenvalue weighted by Crippen LogP contribution is 2.36. The van der Waals surface area contributed by atoms with Gasteiger partial charge in [-0.1, -0.05) is 31.2 Å². The highest BCUT2D eigenvalue weighted by molar-refractivity contribution is 8.18. The van der Waals surface area contributed by atoms with Gasteiger partial charge in [0.1, 0.15) is 11.5 Å². The molecule has 0 aromatic heterocycles. The van der Waals surface area contributed by atoms with Gasteiger partial charge < -0.3 is 14.9 Å². The fourth-order valence-electron chi connectivity index (χ4n) is 2.83. The predicted octanol–water partition coefficient (Wildman–Crippen LogP) is 4.42. The molecule has 31 heavy (non-hydrogen) atoms. The molecule has 2 aromatic rings. The molecule has 2 N–H and O–H groups in total. The zero-order valence-electron chi connectivity index (χ0n) is 16.9. The molecule has 0 radical (unpaired) electrons. The number of amides is 1. The summed E-state index contributed by atoms with van der Waals surface area (Å²) in [6.07, 6.45) is 2.62. The van der Waals surface area contributed by atoms with Crippen LogP contribution in [-0.2, 0) is 9.59 Å². The first-order chi connectivity index (χ1) is 14.9. The first-order valence-corrected chi connectivity index (χ1v) is 10.4. The largest absolute Gasteiger partial charge is 0.508 e. The molecule has 1 unspecified atom stereocenters. The SMILES string of the molecule is C=CCN1C(=O)/C(=C/c2ccccc2OC(CC)C(=O)O)SC1=Nc1ccc(O)cc1. The van der Waals surface area contributed by atoms with Crippen molar-refractivity contribution in [1.29, 1.82) is 0 Å². The van der Waals surface area contributed by atoms with E-state index in [0.717, 1.165) is 0 Å². The first-order valence-electron chi connectivity index (χ1n) is 9.61. The van der Waals surface area contributed by atoms with E-state index in [-0.39, 0.29) is 18.2 Å². The minimum absolute atomic E-state index is 0.131. The number of rotatable bonds is 8. The third-order valence-corrected chi connectivity index (χ3v) is 5.40. The minimum Gasteiger partial charge on any atom is -0.508 e. The van der Waals surface area contributed by atoms with Crippen molar-refractivity contribution in [2.24, 2.45) is 4.99 Å². The Morgan fingerprint density at radius 3 is 2.61 bits per heavy atom. The molecule has 2 aromatic carbocycles. The number of hydrogen-bond donors (Lipinski definition) is 2. The number of aliphatic imine (C=N–C) groups is 1. The van der Waals surface area contributed by atoms with E-state index in [4.69, 9.17) is 4.74 Å². The van der Waals surface area contributed by atoms with Crippen LogP contribution in [0.3, 0.4) is 0 Å². The second kappa shape index (κ2) is 9.99. The number of carboxylic acids is 1. The molecule has 1 fully saturated rings. The van der Waals surface area contributed by atoms with Gasteiger partial charge in [0.2, 0.25) is 0 Å². The van der Waals surface area contributed by atoms with E-state index in [9.17, 15) is 19.8 Å². The Bertz CT molecular complexity index is 1050. The summed E-state index contributed by atoms with van der Waals surface area (Å²) >= 11 is 1.21. The summed E-state index contributed by atoms with van der Waals surface area (Å²) in [5.41, 5.74) is 1.20.